The third-order valence-electron chi connectivity index (χ3n) is 3.79. The maximum absolute atomic E-state index is 12.5. The van der Waals surface area contributed by atoms with Gasteiger partial charge in [0.1, 0.15) is 5.15 Å². The van der Waals surface area contributed by atoms with E-state index in [2.05, 4.69) is 10.4 Å². The largest absolute Gasteiger partial charge is 0.388 e. The summed E-state index contributed by atoms with van der Waals surface area (Å²) in [6.07, 6.45) is 3.08. The SMILES string of the molecule is CCCC(O)(CCC)CNC(=O)c1c(C(C)C)nn(C)c1Cl. The highest BCUT2D eigenvalue weighted by Crippen LogP contribution is 2.25. The molecule has 1 heterocycles. The van der Waals surface area contributed by atoms with Crippen molar-refractivity contribution in [2.45, 2.75) is 64.9 Å². The van der Waals surface area contributed by atoms with Crippen LogP contribution in [0.25, 0.3) is 0 Å². The number of amides is 1. The van der Waals surface area contributed by atoms with E-state index in [1.54, 1.807) is 7.05 Å². The van der Waals surface area contributed by atoms with Crippen LogP contribution < -0.4 is 5.32 Å². The van der Waals surface area contributed by atoms with Gasteiger partial charge in [-0.3, -0.25) is 9.48 Å². The third-order valence-corrected chi connectivity index (χ3v) is 4.22. The average Bonchev–Trinajstić information content (AvgIpc) is 2.73. The first-order valence-electron chi connectivity index (χ1n) is 7.98. The summed E-state index contributed by atoms with van der Waals surface area (Å²) in [6.45, 7) is 8.23. The molecule has 1 rings (SSSR count). The van der Waals surface area contributed by atoms with Crippen LogP contribution in [0.2, 0.25) is 5.15 Å². The Morgan fingerprint density at radius 2 is 1.91 bits per heavy atom. The monoisotopic (exact) mass is 329 g/mol. The van der Waals surface area contributed by atoms with E-state index in [1.807, 2.05) is 27.7 Å². The topological polar surface area (TPSA) is 67.2 Å². The highest BCUT2D eigenvalue weighted by Gasteiger charge is 2.28. The highest BCUT2D eigenvalue weighted by atomic mass is 35.5. The van der Waals surface area contributed by atoms with Crippen molar-refractivity contribution in [2.24, 2.45) is 7.05 Å². The van der Waals surface area contributed by atoms with E-state index in [0.717, 1.165) is 12.8 Å². The average molecular weight is 330 g/mol. The molecule has 6 heteroatoms. The Kier molecular flexibility index (Phi) is 6.88. The highest BCUT2D eigenvalue weighted by molar-refractivity contribution is 6.33. The Bertz CT molecular complexity index is 506. The number of nitrogens with zero attached hydrogens (tertiary/aromatic N) is 2. The molecule has 1 aromatic heterocycles. The van der Waals surface area contributed by atoms with Gasteiger partial charge in [-0.25, -0.2) is 0 Å². The molecule has 22 heavy (non-hydrogen) atoms. The van der Waals surface area contributed by atoms with Crippen molar-refractivity contribution in [3.8, 4) is 0 Å². The van der Waals surface area contributed by atoms with E-state index in [1.165, 1.54) is 4.68 Å². The number of nitrogens with one attached hydrogen (secondary N) is 1. The summed E-state index contributed by atoms with van der Waals surface area (Å²) in [6, 6.07) is 0. The summed E-state index contributed by atoms with van der Waals surface area (Å²) >= 11 is 6.20. The van der Waals surface area contributed by atoms with Gasteiger partial charge in [0.2, 0.25) is 0 Å². The molecular weight excluding hydrogens is 302 g/mol. The van der Waals surface area contributed by atoms with Crippen LogP contribution in [0.4, 0.5) is 0 Å². The van der Waals surface area contributed by atoms with Gasteiger partial charge in [-0.05, 0) is 18.8 Å². The van der Waals surface area contributed by atoms with E-state index < -0.39 is 5.60 Å². The van der Waals surface area contributed by atoms with Crippen molar-refractivity contribution in [3.05, 3.63) is 16.4 Å². The van der Waals surface area contributed by atoms with Crippen LogP contribution in [0.5, 0.6) is 0 Å². The molecule has 0 fully saturated rings. The molecular formula is C16H28ClN3O2. The summed E-state index contributed by atoms with van der Waals surface area (Å²) in [5.41, 5.74) is 0.236. The van der Waals surface area contributed by atoms with E-state index in [9.17, 15) is 9.90 Å². The maximum Gasteiger partial charge on any atom is 0.256 e. The second-order valence-corrected chi connectivity index (χ2v) is 6.59. The summed E-state index contributed by atoms with van der Waals surface area (Å²) in [5.74, 6) is -0.169. The first-order valence-corrected chi connectivity index (χ1v) is 8.36. The fourth-order valence-electron chi connectivity index (χ4n) is 2.70. The number of rotatable bonds is 8. The van der Waals surface area contributed by atoms with Crippen LogP contribution in [0.15, 0.2) is 0 Å². The Hall–Kier alpha value is -1.07. The number of carbonyl (C=O) groups is 1. The van der Waals surface area contributed by atoms with Gasteiger partial charge in [0.25, 0.3) is 5.91 Å². The molecule has 0 radical (unpaired) electrons. The van der Waals surface area contributed by atoms with Gasteiger partial charge in [-0.1, -0.05) is 52.1 Å². The van der Waals surface area contributed by atoms with Crippen molar-refractivity contribution < 1.29 is 9.90 Å². The van der Waals surface area contributed by atoms with E-state index in [0.29, 0.717) is 29.3 Å². The molecule has 0 aliphatic heterocycles. The molecule has 0 aliphatic carbocycles. The molecule has 0 spiro atoms. The van der Waals surface area contributed by atoms with Gasteiger partial charge in [-0.15, -0.1) is 0 Å². The van der Waals surface area contributed by atoms with Crippen molar-refractivity contribution in [1.82, 2.24) is 15.1 Å². The lowest BCUT2D eigenvalue weighted by Gasteiger charge is -2.27. The zero-order valence-corrected chi connectivity index (χ0v) is 15.0. The molecule has 0 saturated heterocycles. The molecule has 0 atom stereocenters. The zero-order valence-electron chi connectivity index (χ0n) is 14.2. The van der Waals surface area contributed by atoms with Gasteiger partial charge in [-0.2, -0.15) is 5.10 Å². The summed E-state index contributed by atoms with van der Waals surface area (Å²) in [4.78, 5) is 12.5. The van der Waals surface area contributed by atoms with Crippen LogP contribution in [0, 0.1) is 0 Å². The summed E-state index contributed by atoms with van der Waals surface area (Å²) < 4.78 is 1.51. The number of aryl methyl sites for hydroxylation is 1. The molecule has 2 N–H and O–H groups in total. The smallest absolute Gasteiger partial charge is 0.256 e. The summed E-state index contributed by atoms with van der Waals surface area (Å²) in [7, 11) is 1.72. The number of aromatic nitrogens is 2. The Morgan fingerprint density at radius 3 is 2.36 bits per heavy atom. The van der Waals surface area contributed by atoms with E-state index >= 15 is 0 Å². The molecule has 1 aromatic rings. The van der Waals surface area contributed by atoms with Crippen LogP contribution in [-0.2, 0) is 7.05 Å². The quantitative estimate of drug-likeness (QED) is 0.769. The van der Waals surface area contributed by atoms with Crippen molar-refractivity contribution >= 4 is 17.5 Å². The van der Waals surface area contributed by atoms with Gasteiger partial charge < -0.3 is 10.4 Å². The van der Waals surface area contributed by atoms with E-state index in [4.69, 9.17) is 11.6 Å². The molecule has 0 aromatic carbocycles. The van der Waals surface area contributed by atoms with Gasteiger partial charge >= 0.3 is 0 Å². The second kappa shape index (κ2) is 7.97. The minimum absolute atomic E-state index is 0.101. The second-order valence-electron chi connectivity index (χ2n) is 6.24. The predicted molar refractivity (Wildman–Crippen MR) is 89.4 cm³/mol. The molecule has 0 aliphatic rings. The molecule has 0 saturated carbocycles. The fraction of sp³-hybridized carbons (Fsp3) is 0.750. The number of carbonyl (C=O) groups excluding carboxylic acids is 1. The number of aliphatic hydroxyl groups is 1. The van der Waals surface area contributed by atoms with Crippen LogP contribution >= 0.6 is 11.6 Å². The van der Waals surface area contributed by atoms with Gasteiger partial charge in [0.05, 0.1) is 16.9 Å². The van der Waals surface area contributed by atoms with Crippen LogP contribution in [-0.4, -0.2) is 32.9 Å². The molecule has 126 valence electrons. The molecule has 5 nitrogen and oxygen atoms in total. The van der Waals surface area contributed by atoms with Gasteiger partial charge in [0.15, 0.2) is 0 Å². The lowest BCUT2D eigenvalue weighted by Crippen LogP contribution is -2.43. The number of hydrogen-bond donors (Lipinski definition) is 2. The van der Waals surface area contributed by atoms with Gasteiger partial charge in [0, 0.05) is 13.6 Å². The first-order chi connectivity index (χ1) is 10.3. The minimum atomic E-state index is -0.855. The predicted octanol–water partition coefficient (Wildman–Crippen LogP) is 3.26. The number of halogens is 1. The fourth-order valence-corrected chi connectivity index (χ4v) is 2.92. The van der Waals surface area contributed by atoms with Crippen molar-refractivity contribution in [3.63, 3.8) is 0 Å². The summed E-state index contributed by atoms with van der Waals surface area (Å²) in [5, 5.41) is 18.1. The molecule has 1 amide bonds. The Morgan fingerprint density at radius 1 is 1.36 bits per heavy atom. The van der Waals surface area contributed by atoms with Crippen molar-refractivity contribution in [2.75, 3.05) is 6.54 Å². The Labute approximate surface area is 138 Å². The molecule has 0 unspecified atom stereocenters. The van der Waals surface area contributed by atoms with Crippen molar-refractivity contribution in [1.29, 1.82) is 0 Å². The lowest BCUT2D eigenvalue weighted by molar-refractivity contribution is 0.0213. The lowest BCUT2D eigenvalue weighted by atomic mass is 9.92. The van der Waals surface area contributed by atoms with Crippen LogP contribution in [0.3, 0.4) is 0 Å². The van der Waals surface area contributed by atoms with Crippen LogP contribution in [0.1, 0.15) is 75.3 Å². The molecule has 0 bridgehead atoms. The normalized spacial score (nSPS) is 12.0. The minimum Gasteiger partial charge on any atom is -0.388 e. The Balaban J connectivity index is 2.89. The maximum atomic E-state index is 12.5. The third kappa shape index (κ3) is 4.46. The number of hydrogen-bond acceptors (Lipinski definition) is 3. The standard InChI is InChI=1S/C16H28ClN3O2/c1-6-8-16(22,9-7-2)10-18-15(21)12-13(11(3)4)19-20(5)14(12)17/h11,22H,6-10H2,1-5H3,(H,18,21). The zero-order chi connectivity index (χ0) is 16.9. The first kappa shape index (κ1) is 19.0. The van der Waals surface area contributed by atoms with E-state index in [-0.39, 0.29) is 18.4 Å².